The van der Waals surface area contributed by atoms with E-state index in [2.05, 4.69) is 12.6 Å². The van der Waals surface area contributed by atoms with Crippen molar-refractivity contribution in [3.8, 4) is 0 Å². The standard InChI is InChI=1S/C9H16F2OS/c1-6(2)9(8(10)11)3-4-12-5-7(9)13/h6-8,13H,3-5H2,1-2H3/t7-,9+/m0/s1. The lowest BCUT2D eigenvalue weighted by molar-refractivity contribution is -0.0988. The van der Waals surface area contributed by atoms with E-state index in [0.29, 0.717) is 19.6 Å². The van der Waals surface area contributed by atoms with Gasteiger partial charge < -0.3 is 4.74 Å². The second kappa shape index (κ2) is 4.13. The molecule has 0 aromatic heterocycles. The Morgan fingerprint density at radius 1 is 1.46 bits per heavy atom. The summed E-state index contributed by atoms with van der Waals surface area (Å²) in [6.07, 6.45) is -1.89. The third-order valence-electron chi connectivity index (χ3n) is 3.06. The molecule has 0 aromatic carbocycles. The Labute approximate surface area is 83.3 Å². The summed E-state index contributed by atoms with van der Waals surface area (Å²) in [6, 6.07) is 0. The van der Waals surface area contributed by atoms with Crippen LogP contribution in [0.4, 0.5) is 8.78 Å². The lowest BCUT2D eigenvalue weighted by Gasteiger charge is -2.44. The summed E-state index contributed by atoms with van der Waals surface area (Å²) in [5.74, 6) is -0.0566. The molecule has 1 nitrogen and oxygen atoms in total. The Balaban J connectivity index is 2.86. The van der Waals surface area contributed by atoms with Crippen molar-refractivity contribution in [1.82, 2.24) is 0 Å². The van der Waals surface area contributed by atoms with E-state index in [0.717, 1.165) is 0 Å². The second-order valence-corrected chi connectivity index (χ2v) is 4.53. The molecule has 0 aliphatic carbocycles. The molecule has 1 rings (SSSR count). The van der Waals surface area contributed by atoms with Gasteiger partial charge >= 0.3 is 0 Å². The second-order valence-electron chi connectivity index (χ2n) is 3.91. The number of alkyl halides is 2. The fourth-order valence-electron chi connectivity index (χ4n) is 1.95. The zero-order valence-corrected chi connectivity index (χ0v) is 8.86. The molecule has 13 heavy (non-hydrogen) atoms. The van der Waals surface area contributed by atoms with Gasteiger partial charge in [0.2, 0.25) is 6.43 Å². The zero-order valence-electron chi connectivity index (χ0n) is 7.96. The van der Waals surface area contributed by atoms with Gasteiger partial charge in [-0.1, -0.05) is 13.8 Å². The van der Waals surface area contributed by atoms with Crippen molar-refractivity contribution in [2.45, 2.75) is 31.9 Å². The van der Waals surface area contributed by atoms with Gasteiger partial charge in [0.1, 0.15) is 0 Å². The molecule has 78 valence electrons. The first-order valence-electron chi connectivity index (χ1n) is 4.55. The highest BCUT2D eigenvalue weighted by molar-refractivity contribution is 7.81. The fourth-order valence-corrected chi connectivity index (χ4v) is 2.59. The fraction of sp³-hybridized carbons (Fsp3) is 1.00. The first-order chi connectivity index (χ1) is 6.01. The van der Waals surface area contributed by atoms with E-state index in [9.17, 15) is 8.78 Å². The van der Waals surface area contributed by atoms with Crippen molar-refractivity contribution in [2.24, 2.45) is 11.3 Å². The van der Waals surface area contributed by atoms with Crippen LogP contribution in [0.1, 0.15) is 20.3 Å². The van der Waals surface area contributed by atoms with Gasteiger partial charge in [0.05, 0.1) is 6.61 Å². The molecule has 4 heteroatoms. The largest absolute Gasteiger partial charge is 0.380 e. The van der Waals surface area contributed by atoms with E-state index < -0.39 is 11.8 Å². The average molecular weight is 210 g/mol. The van der Waals surface area contributed by atoms with Gasteiger partial charge in [0, 0.05) is 17.3 Å². The Morgan fingerprint density at radius 2 is 2.08 bits per heavy atom. The number of halogens is 2. The Hall–Kier alpha value is 0.170. The highest BCUT2D eigenvalue weighted by Crippen LogP contribution is 2.45. The van der Waals surface area contributed by atoms with Crippen LogP contribution in [0.5, 0.6) is 0 Å². The van der Waals surface area contributed by atoms with Crippen LogP contribution < -0.4 is 0 Å². The maximum atomic E-state index is 13.0. The topological polar surface area (TPSA) is 9.23 Å². The van der Waals surface area contributed by atoms with Crippen LogP contribution >= 0.6 is 12.6 Å². The van der Waals surface area contributed by atoms with E-state index in [4.69, 9.17) is 4.74 Å². The van der Waals surface area contributed by atoms with Crippen molar-refractivity contribution < 1.29 is 13.5 Å². The van der Waals surface area contributed by atoms with Gasteiger partial charge in [-0.25, -0.2) is 8.78 Å². The monoisotopic (exact) mass is 210 g/mol. The van der Waals surface area contributed by atoms with Crippen molar-refractivity contribution >= 4 is 12.6 Å². The van der Waals surface area contributed by atoms with Crippen LogP contribution in [0.2, 0.25) is 0 Å². The van der Waals surface area contributed by atoms with Gasteiger partial charge in [-0.2, -0.15) is 12.6 Å². The third-order valence-corrected chi connectivity index (χ3v) is 3.69. The smallest absolute Gasteiger partial charge is 0.245 e. The van der Waals surface area contributed by atoms with Crippen molar-refractivity contribution in [3.63, 3.8) is 0 Å². The molecule has 1 aliphatic rings. The van der Waals surface area contributed by atoms with Crippen LogP contribution in [-0.2, 0) is 4.74 Å². The number of ether oxygens (including phenoxy) is 1. The minimum Gasteiger partial charge on any atom is -0.380 e. The average Bonchev–Trinajstić information content (AvgIpc) is 2.04. The van der Waals surface area contributed by atoms with Gasteiger partial charge in [-0.15, -0.1) is 0 Å². The predicted octanol–water partition coefficient (Wildman–Crippen LogP) is 2.61. The molecular weight excluding hydrogens is 194 g/mol. The minimum absolute atomic E-state index is 0.0566. The third kappa shape index (κ3) is 1.84. The molecule has 2 atom stereocenters. The van der Waals surface area contributed by atoms with Crippen LogP contribution in [-0.4, -0.2) is 24.9 Å². The first kappa shape index (κ1) is 11.2. The molecule has 0 N–H and O–H groups in total. The summed E-state index contributed by atoms with van der Waals surface area (Å²) < 4.78 is 31.1. The summed E-state index contributed by atoms with van der Waals surface area (Å²) >= 11 is 4.22. The van der Waals surface area contributed by atoms with E-state index >= 15 is 0 Å². The highest BCUT2D eigenvalue weighted by atomic mass is 32.1. The normalized spacial score (nSPS) is 35.8. The molecular formula is C9H16F2OS. The Morgan fingerprint density at radius 3 is 2.38 bits per heavy atom. The predicted molar refractivity (Wildman–Crippen MR) is 51.5 cm³/mol. The van der Waals surface area contributed by atoms with Crippen molar-refractivity contribution in [2.75, 3.05) is 13.2 Å². The summed E-state index contributed by atoms with van der Waals surface area (Å²) in [7, 11) is 0. The van der Waals surface area contributed by atoms with E-state index in [-0.39, 0.29) is 11.2 Å². The quantitative estimate of drug-likeness (QED) is 0.689. The summed E-state index contributed by atoms with van der Waals surface area (Å²) in [5, 5.41) is -0.346. The molecule has 0 radical (unpaired) electrons. The van der Waals surface area contributed by atoms with Gasteiger partial charge in [-0.05, 0) is 12.3 Å². The highest BCUT2D eigenvalue weighted by Gasteiger charge is 2.49. The molecule has 1 fully saturated rings. The molecule has 0 aromatic rings. The SMILES string of the molecule is CC(C)[C@]1(C(F)F)CCOC[C@@H]1S. The summed E-state index contributed by atoms with van der Waals surface area (Å²) in [4.78, 5) is 0. The van der Waals surface area contributed by atoms with Gasteiger partial charge in [-0.3, -0.25) is 0 Å². The van der Waals surface area contributed by atoms with Gasteiger partial charge in [0.25, 0.3) is 0 Å². The summed E-state index contributed by atoms with van der Waals surface area (Å²) in [5.41, 5.74) is -0.957. The number of hydrogen-bond donors (Lipinski definition) is 1. The maximum Gasteiger partial charge on any atom is 0.245 e. The summed E-state index contributed by atoms with van der Waals surface area (Å²) in [6.45, 7) is 4.44. The lowest BCUT2D eigenvalue weighted by Crippen LogP contribution is -2.49. The van der Waals surface area contributed by atoms with Crippen LogP contribution in [0.3, 0.4) is 0 Å². The van der Waals surface area contributed by atoms with E-state index in [1.54, 1.807) is 0 Å². The lowest BCUT2D eigenvalue weighted by atomic mass is 9.71. The van der Waals surface area contributed by atoms with Crippen molar-refractivity contribution in [1.29, 1.82) is 0 Å². The first-order valence-corrected chi connectivity index (χ1v) is 5.07. The number of rotatable bonds is 2. The molecule has 1 saturated heterocycles. The molecule has 0 amide bonds. The molecule has 0 bridgehead atoms. The van der Waals surface area contributed by atoms with Crippen LogP contribution in [0.15, 0.2) is 0 Å². The van der Waals surface area contributed by atoms with E-state index in [1.165, 1.54) is 0 Å². The van der Waals surface area contributed by atoms with E-state index in [1.807, 2.05) is 13.8 Å². The maximum absolute atomic E-state index is 13.0. The molecule has 0 spiro atoms. The van der Waals surface area contributed by atoms with Crippen molar-refractivity contribution in [3.05, 3.63) is 0 Å². The molecule has 0 saturated carbocycles. The Kier molecular flexibility index (Phi) is 3.57. The number of thiol groups is 1. The molecule has 0 unspecified atom stereocenters. The van der Waals surface area contributed by atoms with Crippen LogP contribution in [0.25, 0.3) is 0 Å². The molecule has 1 aliphatic heterocycles. The minimum atomic E-state index is -2.31. The molecule has 1 heterocycles. The van der Waals surface area contributed by atoms with Crippen LogP contribution in [0, 0.1) is 11.3 Å². The Bertz CT molecular complexity index is 165. The van der Waals surface area contributed by atoms with Gasteiger partial charge in [0.15, 0.2) is 0 Å². The number of hydrogen-bond acceptors (Lipinski definition) is 2. The zero-order chi connectivity index (χ0) is 10.1.